The number of H-pyrrole nitrogens is 1. The summed E-state index contributed by atoms with van der Waals surface area (Å²) in [5.41, 5.74) is 2.99. The Morgan fingerprint density at radius 2 is 2.26 bits per heavy atom. The number of pyridine rings is 1. The second kappa shape index (κ2) is 5.28. The molecule has 0 amide bonds. The fourth-order valence-electron chi connectivity index (χ4n) is 1.88. The van der Waals surface area contributed by atoms with Gasteiger partial charge in [-0.15, -0.1) is 18.3 Å². The van der Waals surface area contributed by atoms with Crippen molar-refractivity contribution < 1.29 is 0 Å². The summed E-state index contributed by atoms with van der Waals surface area (Å²) >= 11 is 1.76. The lowest BCUT2D eigenvalue weighted by Gasteiger charge is -2.01. The van der Waals surface area contributed by atoms with Gasteiger partial charge in [-0.1, -0.05) is 18.2 Å². The molecule has 0 saturated carbocycles. The van der Waals surface area contributed by atoms with E-state index in [4.69, 9.17) is 0 Å². The smallest absolute Gasteiger partial charge is 0.138 e. The lowest BCUT2D eigenvalue weighted by atomic mass is 10.2. The number of benzene rings is 1. The van der Waals surface area contributed by atoms with Gasteiger partial charge in [0.15, 0.2) is 0 Å². The summed E-state index contributed by atoms with van der Waals surface area (Å²) in [6, 6.07) is 10.3. The van der Waals surface area contributed by atoms with E-state index >= 15 is 0 Å². The van der Waals surface area contributed by atoms with Crippen molar-refractivity contribution in [3.8, 4) is 11.4 Å². The van der Waals surface area contributed by atoms with Crippen LogP contribution in [0, 0.1) is 0 Å². The number of rotatable bonds is 4. The van der Waals surface area contributed by atoms with Crippen molar-refractivity contribution in [2.24, 2.45) is 0 Å². The molecule has 3 aromatic rings. The predicted octanol–water partition coefficient (Wildman–Crippen LogP) is 3.90. The molecule has 2 aromatic heterocycles. The van der Waals surface area contributed by atoms with Crippen LogP contribution in [-0.2, 0) is 0 Å². The Hall–Kier alpha value is -2.07. The standard InChI is InChI=1S/C15H13N3S/c1-2-8-19-12-5-3-4-11(9-12)15-17-13-6-7-16-10-14(13)18-15/h2-7,9-10H,1,8H2,(H,17,18). The molecule has 0 saturated heterocycles. The minimum atomic E-state index is 0.879. The SMILES string of the molecule is C=CCSc1cccc(-c2nc3cnccc3[nH]2)c1. The number of aromatic amines is 1. The first-order valence-electron chi connectivity index (χ1n) is 6.00. The van der Waals surface area contributed by atoms with Gasteiger partial charge in [-0.3, -0.25) is 4.98 Å². The number of aromatic nitrogens is 3. The average Bonchev–Trinajstić information content (AvgIpc) is 2.89. The number of hydrogen-bond acceptors (Lipinski definition) is 3. The first-order valence-corrected chi connectivity index (χ1v) is 6.99. The third-order valence-corrected chi connectivity index (χ3v) is 3.75. The predicted molar refractivity (Wildman–Crippen MR) is 80.2 cm³/mol. The Morgan fingerprint density at radius 3 is 3.11 bits per heavy atom. The number of hydrogen-bond donors (Lipinski definition) is 1. The molecule has 0 spiro atoms. The highest BCUT2D eigenvalue weighted by molar-refractivity contribution is 7.99. The fourth-order valence-corrected chi connectivity index (χ4v) is 2.58. The van der Waals surface area contributed by atoms with Crippen molar-refractivity contribution >= 4 is 22.8 Å². The van der Waals surface area contributed by atoms with E-state index < -0.39 is 0 Å². The lowest BCUT2D eigenvalue weighted by molar-refractivity contribution is 1.31. The Balaban J connectivity index is 1.98. The van der Waals surface area contributed by atoms with Gasteiger partial charge in [0.25, 0.3) is 0 Å². The van der Waals surface area contributed by atoms with Gasteiger partial charge in [0.05, 0.1) is 11.7 Å². The summed E-state index contributed by atoms with van der Waals surface area (Å²) in [6.45, 7) is 3.74. The van der Waals surface area contributed by atoms with Gasteiger partial charge in [0, 0.05) is 22.4 Å². The molecular weight excluding hydrogens is 254 g/mol. The van der Waals surface area contributed by atoms with Crippen LogP contribution < -0.4 is 0 Å². The molecule has 0 aliphatic rings. The highest BCUT2D eigenvalue weighted by Crippen LogP contribution is 2.25. The monoisotopic (exact) mass is 267 g/mol. The van der Waals surface area contributed by atoms with Crippen LogP contribution in [0.25, 0.3) is 22.4 Å². The van der Waals surface area contributed by atoms with Crippen LogP contribution in [0.1, 0.15) is 0 Å². The Morgan fingerprint density at radius 1 is 1.32 bits per heavy atom. The summed E-state index contributed by atoms with van der Waals surface area (Å²) in [4.78, 5) is 13.2. The summed E-state index contributed by atoms with van der Waals surface area (Å²) in [7, 11) is 0. The first kappa shape index (κ1) is 12.0. The molecule has 3 rings (SSSR count). The van der Waals surface area contributed by atoms with Gasteiger partial charge in [-0.05, 0) is 18.2 Å². The minimum Gasteiger partial charge on any atom is -0.338 e. The van der Waals surface area contributed by atoms with Crippen molar-refractivity contribution in [3.05, 3.63) is 55.4 Å². The molecule has 0 bridgehead atoms. The zero-order valence-corrected chi connectivity index (χ0v) is 11.2. The van der Waals surface area contributed by atoms with Crippen molar-refractivity contribution in [1.29, 1.82) is 0 Å². The average molecular weight is 267 g/mol. The van der Waals surface area contributed by atoms with Crippen LogP contribution in [-0.4, -0.2) is 20.7 Å². The molecule has 0 fully saturated rings. The second-order valence-corrected chi connectivity index (χ2v) is 5.20. The normalized spacial score (nSPS) is 10.7. The largest absolute Gasteiger partial charge is 0.338 e. The molecule has 1 aromatic carbocycles. The van der Waals surface area contributed by atoms with Gasteiger partial charge in [0.2, 0.25) is 0 Å². The minimum absolute atomic E-state index is 0.879. The Labute approximate surface area is 115 Å². The molecular formula is C15H13N3S. The van der Waals surface area contributed by atoms with Crippen LogP contribution in [0.2, 0.25) is 0 Å². The van der Waals surface area contributed by atoms with Gasteiger partial charge >= 0.3 is 0 Å². The van der Waals surface area contributed by atoms with Crippen molar-refractivity contribution in [1.82, 2.24) is 15.0 Å². The number of nitrogens with one attached hydrogen (secondary N) is 1. The molecule has 3 nitrogen and oxygen atoms in total. The van der Waals surface area contributed by atoms with E-state index in [0.717, 1.165) is 28.2 Å². The summed E-state index contributed by atoms with van der Waals surface area (Å²) in [5, 5.41) is 0. The van der Waals surface area contributed by atoms with Crippen LogP contribution in [0.3, 0.4) is 0 Å². The van der Waals surface area contributed by atoms with E-state index in [0.29, 0.717) is 0 Å². The zero-order chi connectivity index (χ0) is 13.1. The molecule has 1 N–H and O–H groups in total. The lowest BCUT2D eigenvalue weighted by Crippen LogP contribution is -1.81. The van der Waals surface area contributed by atoms with Gasteiger partial charge < -0.3 is 4.98 Å². The molecule has 2 heterocycles. The van der Waals surface area contributed by atoms with Crippen LogP contribution >= 0.6 is 11.8 Å². The Kier molecular flexibility index (Phi) is 3.33. The van der Waals surface area contributed by atoms with Gasteiger partial charge in [-0.25, -0.2) is 4.98 Å². The highest BCUT2D eigenvalue weighted by atomic mass is 32.2. The molecule has 0 aliphatic heterocycles. The molecule has 94 valence electrons. The third-order valence-electron chi connectivity index (χ3n) is 2.76. The third kappa shape index (κ3) is 2.53. The van der Waals surface area contributed by atoms with E-state index in [-0.39, 0.29) is 0 Å². The molecule has 19 heavy (non-hydrogen) atoms. The van der Waals surface area contributed by atoms with E-state index in [2.05, 4.69) is 39.7 Å². The maximum absolute atomic E-state index is 4.56. The molecule has 0 aliphatic carbocycles. The van der Waals surface area contributed by atoms with E-state index in [1.54, 1.807) is 24.2 Å². The first-order chi connectivity index (χ1) is 9.36. The van der Waals surface area contributed by atoms with E-state index in [9.17, 15) is 0 Å². The Bertz CT molecular complexity index is 685. The van der Waals surface area contributed by atoms with Crippen molar-refractivity contribution in [2.75, 3.05) is 5.75 Å². The highest BCUT2D eigenvalue weighted by Gasteiger charge is 2.05. The maximum atomic E-state index is 4.56. The summed E-state index contributed by atoms with van der Waals surface area (Å²) < 4.78 is 0. The second-order valence-electron chi connectivity index (χ2n) is 4.11. The number of imidazole rings is 1. The topological polar surface area (TPSA) is 41.6 Å². The molecule has 0 radical (unpaired) electrons. The maximum Gasteiger partial charge on any atom is 0.138 e. The number of fused-ring (bicyclic) bond motifs is 1. The van der Waals surface area contributed by atoms with Crippen molar-refractivity contribution in [3.63, 3.8) is 0 Å². The summed E-state index contributed by atoms with van der Waals surface area (Å²) in [5.74, 6) is 1.79. The van der Waals surface area contributed by atoms with Crippen LogP contribution in [0.15, 0.2) is 60.3 Å². The van der Waals surface area contributed by atoms with Crippen LogP contribution in [0.4, 0.5) is 0 Å². The van der Waals surface area contributed by atoms with Crippen LogP contribution in [0.5, 0.6) is 0 Å². The number of nitrogens with zero attached hydrogens (tertiary/aromatic N) is 2. The van der Waals surface area contributed by atoms with Gasteiger partial charge in [-0.2, -0.15) is 0 Å². The zero-order valence-electron chi connectivity index (χ0n) is 10.3. The van der Waals surface area contributed by atoms with E-state index in [1.807, 2.05) is 18.2 Å². The molecule has 4 heteroatoms. The van der Waals surface area contributed by atoms with Crippen molar-refractivity contribution in [2.45, 2.75) is 4.90 Å². The molecule has 0 atom stereocenters. The van der Waals surface area contributed by atoms with E-state index in [1.165, 1.54) is 4.90 Å². The van der Waals surface area contributed by atoms with Gasteiger partial charge in [0.1, 0.15) is 11.3 Å². The quantitative estimate of drug-likeness (QED) is 0.575. The number of thioether (sulfide) groups is 1. The summed E-state index contributed by atoms with van der Waals surface area (Å²) in [6.07, 6.45) is 5.44. The molecule has 0 unspecified atom stereocenters. The fraction of sp³-hybridized carbons (Fsp3) is 0.0667.